The largest absolute Gasteiger partial charge is 0.398 e. The van der Waals surface area contributed by atoms with Gasteiger partial charge in [0, 0.05) is 4.92 Å². The Balaban J connectivity index is 2.37. The van der Waals surface area contributed by atoms with Gasteiger partial charge in [-0.2, -0.15) is 13.2 Å². The second-order valence-electron chi connectivity index (χ2n) is 5.39. The molecule has 2 rings (SSSR count). The van der Waals surface area contributed by atoms with Crippen molar-refractivity contribution < 1.29 is 22.9 Å². The Morgan fingerprint density at radius 2 is 1.88 bits per heavy atom. The lowest BCUT2D eigenvalue weighted by atomic mass is 9.95. The van der Waals surface area contributed by atoms with Crippen LogP contribution in [0.2, 0.25) is 0 Å². The van der Waals surface area contributed by atoms with Gasteiger partial charge in [0.1, 0.15) is 4.08 Å². The molecule has 0 aromatic heterocycles. The fraction of sp³-hybridized carbons (Fsp3) is 0.533. The fourth-order valence-corrected chi connectivity index (χ4v) is 7.14. The molecule has 1 fully saturated rings. The molecule has 4 nitrogen and oxygen atoms in total. The predicted molar refractivity (Wildman–Crippen MR) is 96.8 cm³/mol. The van der Waals surface area contributed by atoms with Crippen molar-refractivity contribution in [2.75, 3.05) is 23.8 Å². The summed E-state index contributed by atoms with van der Waals surface area (Å²) < 4.78 is 36.4. The second kappa shape index (κ2) is 8.68. The van der Waals surface area contributed by atoms with E-state index in [1.54, 1.807) is 30.3 Å². The third kappa shape index (κ3) is 5.55. The van der Waals surface area contributed by atoms with E-state index in [1.165, 1.54) is 23.5 Å². The van der Waals surface area contributed by atoms with Crippen LogP contribution < -0.4 is 0 Å². The van der Waals surface area contributed by atoms with Crippen molar-refractivity contribution in [1.82, 2.24) is 0 Å². The van der Waals surface area contributed by atoms with Gasteiger partial charge in [-0.1, -0.05) is 42.1 Å². The molecular weight excluding hydrogens is 395 g/mol. The summed E-state index contributed by atoms with van der Waals surface area (Å²) in [7, 11) is 0. The minimum Gasteiger partial charge on any atom is -0.285 e. The number of rotatable bonds is 6. The second-order valence-corrected chi connectivity index (χ2v) is 9.28. The van der Waals surface area contributed by atoms with Crippen LogP contribution >= 0.6 is 35.3 Å². The first-order chi connectivity index (χ1) is 11.7. The molecular formula is C15H16F3NO3S3. The first kappa shape index (κ1) is 20.4. The van der Waals surface area contributed by atoms with Crippen molar-refractivity contribution in [3.63, 3.8) is 0 Å². The third-order valence-corrected chi connectivity index (χ3v) is 8.37. The zero-order chi connectivity index (χ0) is 18.5. The summed E-state index contributed by atoms with van der Waals surface area (Å²) in [6.45, 7) is -0.498. The summed E-state index contributed by atoms with van der Waals surface area (Å²) in [5.41, 5.74) is 0.599. The van der Waals surface area contributed by atoms with Gasteiger partial charge >= 0.3 is 6.18 Å². The standard InChI is InChI=1S/C15H16F3NO3S3/c16-14(17,18)10-23-13(20)15(24-7-4-8-25-15)12(9-19(21)22)11-5-2-1-3-6-11/h1-3,5-6,12H,4,7-10H2. The van der Waals surface area contributed by atoms with Gasteiger partial charge in [0.15, 0.2) is 0 Å². The zero-order valence-electron chi connectivity index (χ0n) is 13.0. The summed E-state index contributed by atoms with van der Waals surface area (Å²) in [4.78, 5) is 23.5. The number of halogens is 3. The number of carbonyl (C=O) groups is 1. The van der Waals surface area contributed by atoms with Crippen LogP contribution in [-0.4, -0.2) is 44.1 Å². The molecule has 1 heterocycles. The number of carbonyl (C=O) groups excluding carboxylic acids is 1. The molecule has 0 saturated carbocycles. The highest BCUT2D eigenvalue weighted by molar-refractivity contribution is 8.25. The van der Waals surface area contributed by atoms with Crippen molar-refractivity contribution in [3.05, 3.63) is 46.0 Å². The average molecular weight is 411 g/mol. The Bertz CT molecular complexity index is 607. The number of nitrogens with zero attached hydrogens (tertiary/aromatic N) is 1. The van der Waals surface area contributed by atoms with Crippen LogP contribution in [0.3, 0.4) is 0 Å². The summed E-state index contributed by atoms with van der Waals surface area (Å²) in [5.74, 6) is -0.889. The van der Waals surface area contributed by atoms with Gasteiger partial charge in [-0.15, -0.1) is 23.5 Å². The van der Waals surface area contributed by atoms with Gasteiger partial charge in [0.05, 0.1) is 11.7 Å². The van der Waals surface area contributed by atoms with Crippen molar-refractivity contribution in [1.29, 1.82) is 0 Å². The molecule has 138 valence electrons. The molecule has 0 spiro atoms. The van der Waals surface area contributed by atoms with E-state index in [1.807, 2.05) is 0 Å². The van der Waals surface area contributed by atoms with E-state index in [2.05, 4.69) is 0 Å². The average Bonchev–Trinajstić information content (AvgIpc) is 2.58. The molecule has 1 unspecified atom stereocenters. The lowest BCUT2D eigenvalue weighted by molar-refractivity contribution is -0.483. The molecule has 0 N–H and O–H groups in total. The van der Waals surface area contributed by atoms with Crippen LogP contribution in [-0.2, 0) is 4.79 Å². The number of hydrogen-bond acceptors (Lipinski definition) is 6. The van der Waals surface area contributed by atoms with Gasteiger partial charge in [-0.05, 0) is 23.5 Å². The summed E-state index contributed by atoms with van der Waals surface area (Å²) in [6, 6.07) is 8.55. The maximum atomic E-state index is 12.8. The molecule has 1 atom stereocenters. The first-order valence-corrected chi connectivity index (χ1v) is 10.4. The SMILES string of the molecule is O=C(SCC(F)(F)F)C1(C(C[N+](=O)[O-])c2ccccc2)SCCCS1. The van der Waals surface area contributed by atoms with E-state index in [-0.39, 0.29) is 11.8 Å². The highest BCUT2D eigenvalue weighted by Crippen LogP contribution is 2.54. The van der Waals surface area contributed by atoms with Crippen molar-refractivity contribution in [2.24, 2.45) is 0 Å². The third-order valence-electron chi connectivity index (χ3n) is 3.57. The summed E-state index contributed by atoms with van der Waals surface area (Å²) >= 11 is 2.68. The van der Waals surface area contributed by atoms with Crippen LogP contribution in [0.1, 0.15) is 17.9 Å². The number of benzene rings is 1. The maximum absolute atomic E-state index is 12.8. The van der Waals surface area contributed by atoms with Crippen LogP contribution in [0.25, 0.3) is 0 Å². The molecule has 1 aromatic rings. The fourth-order valence-electron chi connectivity index (χ4n) is 2.54. The summed E-state index contributed by atoms with van der Waals surface area (Å²) in [6.07, 6.45) is -3.65. The molecule has 1 aromatic carbocycles. The molecule has 25 heavy (non-hydrogen) atoms. The van der Waals surface area contributed by atoms with Gasteiger partial charge in [-0.25, -0.2) is 0 Å². The van der Waals surface area contributed by atoms with E-state index in [0.717, 1.165) is 6.42 Å². The van der Waals surface area contributed by atoms with Gasteiger partial charge in [0.2, 0.25) is 11.7 Å². The predicted octanol–water partition coefficient (Wildman–Crippen LogP) is 4.44. The smallest absolute Gasteiger partial charge is 0.285 e. The van der Waals surface area contributed by atoms with Crippen LogP contribution in [0.15, 0.2) is 30.3 Å². The molecule has 10 heteroatoms. The van der Waals surface area contributed by atoms with Crippen LogP contribution in [0.5, 0.6) is 0 Å². The van der Waals surface area contributed by atoms with E-state index in [9.17, 15) is 28.1 Å². The van der Waals surface area contributed by atoms with E-state index in [4.69, 9.17) is 0 Å². The van der Waals surface area contributed by atoms with Gasteiger partial charge < -0.3 is 0 Å². The minimum atomic E-state index is -4.46. The minimum absolute atomic E-state index is 0.211. The van der Waals surface area contributed by atoms with Crippen molar-refractivity contribution in [2.45, 2.75) is 22.6 Å². The Morgan fingerprint density at radius 3 is 2.40 bits per heavy atom. The van der Waals surface area contributed by atoms with E-state index < -0.39 is 38.5 Å². The van der Waals surface area contributed by atoms with E-state index in [0.29, 0.717) is 17.1 Å². The molecule has 1 aliphatic heterocycles. The van der Waals surface area contributed by atoms with E-state index >= 15 is 0 Å². The molecule has 0 bridgehead atoms. The highest BCUT2D eigenvalue weighted by atomic mass is 32.2. The Labute approximate surface area is 155 Å². The molecule has 0 amide bonds. The number of thioether (sulfide) groups is 3. The topological polar surface area (TPSA) is 60.2 Å². The van der Waals surface area contributed by atoms with Crippen molar-refractivity contribution in [3.8, 4) is 0 Å². The maximum Gasteiger partial charge on any atom is 0.398 e. The molecule has 0 radical (unpaired) electrons. The first-order valence-electron chi connectivity index (χ1n) is 7.43. The monoisotopic (exact) mass is 411 g/mol. The van der Waals surface area contributed by atoms with Gasteiger partial charge in [0.25, 0.3) is 0 Å². The number of nitro groups is 1. The lowest BCUT2D eigenvalue weighted by Gasteiger charge is -2.39. The Kier molecular flexibility index (Phi) is 7.10. The van der Waals surface area contributed by atoms with Crippen molar-refractivity contribution >= 4 is 40.4 Å². The molecule has 0 aliphatic carbocycles. The Hall–Kier alpha value is -0.870. The summed E-state index contributed by atoms with van der Waals surface area (Å²) in [5, 5.41) is 10.6. The van der Waals surface area contributed by atoms with Crippen LogP contribution in [0.4, 0.5) is 13.2 Å². The lowest BCUT2D eigenvalue weighted by Crippen LogP contribution is -2.43. The quantitative estimate of drug-likeness (QED) is 0.510. The van der Waals surface area contributed by atoms with Crippen LogP contribution in [0, 0.1) is 10.1 Å². The zero-order valence-corrected chi connectivity index (χ0v) is 15.5. The number of alkyl halides is 3. The molecule has 1 saturated heterocycles. The van der Waals surface area contributed by atoms with Gasteiger partial charge in [-0.3, -0.25) is 14.9 Å². The number of hydrogen-bond donors (Lipinski definition) is 0. The normalized spacial score (nSPS) is 18.5. The Morgan fingerprint density at radius 1 is 1.28 bits per heavy atom. The molecule has 1 aliphatic rings. The highest BCUT2D eigenvalue weighted by Gasteiger charge is 2.51.